The highest BCUT2D eigenvalue weighted by Crippen LogP contribution is 2.28. The van der Waals surface area contributed by atoms with Crippen LogP contribution >= 0.6 is 0 Å². The van der Waals surface area contributed by atoms with Crippen LogP contribution in [0.3, 0.4) is 0 Å². The van der Waals surface area contributed by atoms with Crippen molar-refractivity contribution in [3.8, 4) is 11.5 Å². The second-order valence-electron chi connectivity index (χ2n) is 3.47. The zero-order valence-corrected chi connectivity index (χ0v) is 10.1. The number of nitrogens with zero attached hydrogens (tertiary/aromatic N) is 2. The van der Waals surface area contributed by atoms with E-state index in [4.69, 9.17) is 9.47 Å². The second kappa shape index (κ2) is 5.27. The number of ether oxygens (including phenoxy) is 2. The van der Waals surface area contributed by atoms with Gasteiger partial charge in [-0.1, -0.05) is 0 Å². The van der Waals surface area contributed by atoms with Crippen LogP contribution in [-0.4, -0.2) is 30.0 Å². The second-order valence-corrected chi connectivity index (χ2v) is 3.47. The van der Waals surface area contributed by atoms with E-state index in [1.54, 1.807) is 31.4 Å². The van der Waals surface area contributed by atoms with Gasteiger partial charge >= 0.3 is 0 Å². The Morgan fingerprint density at radius 2 is 1.72 bits per heavy atom. The zero-order chi connectivity index (χ0) is 13.0. The van der Waals surface area contributed by atoms with Crippen molar-refractivity contribution in [1.29, 1.82) is 0 Å². The van der Waals surface area contributed by atoms with Crippen LogP contribution in [0.2, 0.25) is 0 Å². The average molecular weight is 244 g/mol. The molecule has 0 aliphatic heterocycles. The number of carbonyl (C=O) groups is 1. The van der Waals surface area contributed by atoms with Gasteiger partial charge in [0, 0.05) is 18.0 Å². The molecule has 5 heteroatoms. The summed E-state index contributed by atoms with van der Waals surface area (Å²) < 4.78 is 10.3. The summed E-state index contributed by atoms with van der Waals surface area (Å²) in [6, 6.07) is 6.60. The molecule has 1 heterocycles. The molecule has 0 aliphatic carbocycles. The molecule has 2 rings (SSSR count). The normalized spacial score (nSPS) is 9.89. The van der Waals surface area contributed by atoms with Gasteiger partial charge in [-0.3, -0.25) is 4.79 Å². The molecule has 5 nitrogen and oxygen atoms in total. The standard InChI is InChI=1S/C13H12N2O3/c1-17-10-5-4-9(8-11(10)18-2)12(16)13-14-6-3-7-15-13/h3-8H,1-2H3. The van der Waals surface area contributed by atoms with Crippen molar-refractivity contribution in [3.05, 3.63) is 48.0 Å². The first-order chi connectivity index (χ1) is 8.76. The van der Waals surface area contributed by atoms with E-state index in [0.717, 1.165) is 0 Å². The third-order valence-electron chi connectivity index (χ3n) is 2.41. The molecule has 18 heavy (non-hydrogen) atoms. The van der Waals surface area contributed by atoms with Crippen LogP contribution in [0.25, 0.3) is 0 Å². The quantitative estimate of drug-likeness (QED) is 0.766. The van der Waals surface area contributed by atoms with Crippen molar-refractivity contribution in [2.24, 2.45) is 0 Å². The van der Waals surface area contributed by atoms with Crippen LogP contribution in [0.15, 0.2) is 36.7 Å². The summed E-state index contributed by atoms with van der Waals surface area (Å²) >= 11 is 0. The number of benzene rings is 1. The highest BCUT2D eigenvalue weighted by molar-refractivity contribution is 6.06. The molecule has 0 N–H and O–H groups in total. The molecule has 1 aromatic carbocycles. The van der Waals surface area contributed by atoms with E-state index >= 15 is 0 Å². The summed E-state index contributed by atoms with van der Waals surface area (Å²) in [6.07, 6.45) is 3.06. The van der Waals surface area contributed by atoms with Crippen molar-refractivity contribution in [1.82, 2.24) is 9.97 Å². The lowest BCUT2D eigenvalue weighted by Crippen LogP contribution is -2.06. The first-order valence-corrected chi connectivity index (χ1v) is 5.30. The summed E-state index contributed by atoms with van der Waals surface area (Å²) in [5.74, 6) is 0.976. The third kappa shape index (κ3) is 2.29. The number of carbonyl (C=O) groups excluding carboxylic acids is 1. The Morgan fingerprint density at radius 3 is 2.33 bits per heavy atom. The van der Waals surface area contributed by atoms with Gasteiger partial charge in [0.2, 0.25) is 11.6 Å². The highest BCUT2D eigenvalue weighted by Gasteiger charge is 2.14. The van der Waals surface area contributed by atoms with Crippen molar-refractivity contribution in [3.63, 3.8) is 0 Å². The van der Waals surface area contributed by atoms with E-state index in [1.807, 2.05) is 0 Å². The Hall–Kier alpha value is -2.43. The van der Waals surface area contributed by atoms with Crippen LogP contribution in [-0.2, 0) is 0 Å². The van der Waals surface area contributed by atoms with E-state index in [2.05, 4.69) is 9.97 Å². The minimum atomic E-state index is -0.253. The average Bonchev–Trinajstić information content (AvgIpc) is 2.46. The van der Waals surface area contributed by atoms with Crippen LogP contribution in [0.4, 0.5) is 0 Å². The SMILES string of the molecule is COc1ccc(C(=O)c2ncccn2)cc1OC. The van der Waals surface area contributed by atoms with Gasteiger partial charge in [-0.25, -0.2) is 9.97 Å². The molecule has 0 atom stereocenters. The number of aromatic nitrogens is 2. The van der Waals surface area contributed by atoms with E-state index in [0.29, 0.717) is 17.1 Å². The molecule has 0 fully saturated rings. The molecule has 0 bridgehead atoms. The molecular formula is C13H12N2O3. The van der Waals surface area contributed by atoms with Crippen LogP contribution in [0, 0.1) is 0 Å². The molecule has 0 radical (unpaired) electrons. The molecule has 1 aromatic heterocycles. The van der Waals surface area contributed by atoms with Crippen LogP contribution in [0.5, 0.6) is 11.5 Å². The maximum absolute atomic E-state index is 12.1. The molecule has 0 amide bonds. The lowest BCUT2D eigenvalue weighted by Gasteiger charge is -2.08. The van der Waals surface area contributed by atoms with Gasteiger partial charge in [0.25, 0.3) is 0 Å². The van der Waals surface area contributed by atoms with Gasteiger partial charge < -0.3 is 9.47 Å². The lowest BCUT2D eigenvalue weighted by atomic mass is 10.1. The fourth-order valence-corrected chi connectivity index (χ4v) is 1.52. The molecule has 0 aliphatic rings. The topological polar surface area (TPSA) is 61.3 Å². The Labute approximate surface area is 104 Å². The Balaban J connectivity index is 2.37. The highest BCUT2D eigenvalue weighted by atomic mass is 16.5. The van der Waals surface area contributed by atoms with Gasteiger partial charge in [-0.15, -0.1) is 0 Å². The number of rotatable bonds is 4. The van der Waals surface area contributed by atoms with Crippen molar-refractivity contribution < 1.29 is 14.3 Å². The monoisotopic (exact) mass is 244 g/mol. The van der Waals surface area contributed by atoms with Crippen molar-refractivity contribution in [2.75, 3.05) is 14.2 Å². The van der Waals surface area contributed by atoms with Gasteiger partial charge in [-0.05, 0) is 24.3 Å². The first kappa shape index (κ1) is 12.0. The van der Waals surface area contributed by atoms with E-state index in [1.165, 1.54) is 19.5 Å². The number of methoxy groups -OCH3 is 2. The first-order valence-electron chi connectivity index (χ1n) is 5.30. The van der Waals surface area contributed by atoms with E-state index in [9.17, 15) is 4.79 Å². The summed E-state index contributed by atoms with van der Waals surface area (Å²) in [6.45, 7) is 0. The van der Waals surface area contributed by atoms with Gasteiger partial charge in [0.1, 0.15) is 0 Å². The van der Waals surface area contributed by atoms with Crippen LogP contribution in [0.1, 0.15) is 16.2 Å². The summed E-state index contributed by atoms with van der Waals surface area (Å²) in [5.41, 5.74) is 0.457. The molecule has 0 saturated carbocycles. The zero-order valence-electron chi connectivity index (χ0n) is 10.1. The number of hydrogen-bond acceptors (Lipinski definition) is 5. The van der Waals surface area contributed by atoms with Gasteiger partial charge in [0.05, 0.1) is 14.2 Å². The molecule has 2 aromatic rings. The predicted octanol–water partition coefficient (Wildman–Crippen LogP) is 1.72. The Morgan fingerprint density at radius 1 is 1.06 bits per heavy atom. The van der Waals surface area contributed by atoms with Crippen molar-refractivity contribution >= 4 is 5.78 Å². The smallest absolute Gasteiger partial charge is 0.230 e. The molecule has 0 unspecified atom stereocenters. The maximum atomic E-state index is 12.1. The minimum Gasteiger partial charge on any atom is -0.493 e. The predicted molar refractivity (Wildman–Crippen MR) is 65.0 cm³/mol. The summed E-state index contributed by atoms with van der Waals surface area (Å²) in [5, 5.41) is 0. The number of hydrogen-bond donors (Lipinski definition) is 0. The third-order valence-corrected chi connectivity index (χ3v) is 2.41. The van der Waals surface area contributed by atoms with Gasteiger partial charge in [-0.2, -0.15) is 0 Å². The fourth-order valence-electron chi connectivity index (χ4n) is 1.52. The molecule has 0 spiro atoms. The summed E-state index contributed by atoms with van der Waals surface area (Å²) in [4.78, 5) is 19.9. The molecule has 92 valence electrons. The van der Waals surface area contributed by atoms with E-state index in [-0.39, 0.29) is 11.6 Å². The fraction of sp³-hybridized carbons (Fsp3) is 0.154. The maximum Gasteiger partial charge on any atom is 0.230 e. The number of ketones is 1. The van der Waals surface area contributed by atoms with Gasteiger partial charge in [0.15, 0.2) is 11.5 Å². The van der Waals surface area contributed by atoms with E-state index < -0.39 is 0 Å². The minimum absolute atomic E-state index is 0.157. The molecule has 0 saturated heterocycles. The lowest BCUT2D eigenvalue weighted by molar-refractivity contribution is 0.102. The summed E-state index contributed by atoms with van der Waals surface area (Å²) in [7, 11) is 3.06. The Kier molecular flexibility index (Phi) is 3.52. The van der Waals surface area contributed by atoms with Crippen molar-refractivity contribution in [2.45, 2.75) is 0 Å². The molecular weight excluding hydrogens is 232 g/mol. The largest absolute Gasteiger partial charge is 0.493 e. The Bertz CT molecular complexity index is 555. The van der Waals surface area contributed by atoms with Crippen LogP contribution < -0.4 is 9.47 Å².